The minimum Gasteiger partial charge on any atom is -0.756 e. The maximum atomic E-state index is 11.3. The third-order valence-corrected chi connectivity index (χ3v) is 4.47. The zero-order valence-electron chi connectivity index (χ0n) is 12.1. The lowest BCUT2D eigenvalue weighted by Crippen LogP contribution is -2.37. The Hall–Kier alpha value is 0.220. The Kier molecular flexibility index (Phi) is 6.40. The van der Waals surface area contributed by atoms with E-state index in [0.717, 1.165) is 0 Å². The van der Waals surface area contributed by atoms with Crippen LogP contribution in [0.25, 0.3) is 0 Å². The number of rotatable bonds is 7. The molecule has 0 radical (unpaired) electrons. The maximum absolute atomic E-state index is 11.3. The van der Waals surface area contributed by atoms with Crippen molar-refractivity contribution in [3.8, 4) is 0 Å². The van der Waals surface area contributed by atoms with Gasteiger partial charge in [-0.3, -0.25) is 9.13 Å². The molecule has 0 amide bonds. The zero-order chi connectivity index (χ0) is 15.5. The zero-order valence-corrected chi connectivity index (χ0v) is 13.9. The molecule has 2 unspecified atom stereocenters. The number of hydrogen-bond donors (Lipinski definition) is 0. The van der Waals surface area contributed by atoms with Crippen LogP contribution in [0.15, 0.2) is 0 Å². The smallest absolute Gasteiger partial charge is 0.274 e. The Bertz CT molecular complexity index is 385. The molecular formula is C9H22NO7P2-. The van der Waals surface area contributed by atoms with Gasteiger partial charge in [0.15, 0.2) is 0 Å². The number of likely N-dealkylation sites (N-methyl/N-ethyl adjacent to an activating group) is 1. The van der Waals surface area contributed by atoms with Crippen molar-refractivity contribution in [2.75, 3.05) is 34.3 Å². The molecule has 2 atom stereocenters. The third kappa shape index (κ3) is 11.7. The Balaban J connectivity index is 4.44. The van der Waals surface area contributed by atoms with E-state index in [2.05, 4.69) is 13.4 Å². The van der Waals surface area contributed by atoms with Gasteiger partial charge in [-0.15, -0.1) is 0 Å². The van der Waals surface area contributed by atoms with Crippen LogP contribution in [-0.2, 0) is 22.5 Å². The molecule has 0 aliphatic rings. The van der Waals surface area contributed by atoms with Gasteiger partial charge in [0.2, 0.25) is 0 Å². The third-order valence-electron chi connectivity index (χ3n) is 1.60. The summed E-state index contributed by atoms with van der Waals surface area (Å²) in [6, 6.07) is 0. The van der Waals surface area contributed by atoms with Gasteiger partial charge in [-0.05, 0) is 20.8 Å². The van der Waals surface area contributed by atoms with Crippen LogP contribution < -0.4 is 9.79 Å². The van der Waals surface area contributed by atoms with E-state index in [-0.39, 0.29) is 6.61 Å². The summed E-state index contributed by atoms with van der Waals surface area (Å²) >= 11 is 0. The molecule has 0 saturated heterocycles. The summed E-state index contributed by atoms with van der Waals surface area (Å²) in [6.07, 6.45) is 0. The second-order valence-corrected chi connectivity index (χ2v) is 8.91. The van der Waals surface area contributed by atoms with Crippen molar-refractivity contribution in [1.29, 1.82) is 0 Å². The van der Waals surface area contributed by atoms with Crippen LogP contribution in [0.5, 0.6) is 0 Å². The van der Waals surface area contributed by atoms with Crippen molar-refractivity contribution >= 4 is 15.6 Å². The summed E-state index contributed by atoms with van der Waals surface area (Å²) in [5.41, 5.74) is -1.08. The van der Waals surface area contributed by atoms with Gasteiger partial charge >= 0.3 is 0 Å². The monoisotopic (exact) mass is 318 g/mol. The van der Waals surface area contributed by atoms with Crippen LogP contribution >= 0.6 is 15.6 Å². The fraction of sp³-hybridized carbons (Fsp3) is 1.00. The number of nitrogens with zero attached hydrogens (tertiary/aromatic N) is 1. The van der Waals surface area contributed by atoms with Crippen LogP contribution in [0.4, 0.5) is 0 Å². The summed E-state index contributed by atoms with van der Waals surface area (Å²) in [4.78, 5) is 22.7. The van der Waals surface area contributed by atoms with Gasteiger partial charge in [-0.2, -0.15) is 0 Å². The Labute approximate surface area is 114 Å². The molecule has 0 aliphatic carbocycles. The van der Waals surface area contributed by atoms with E-state index in [0.29, 0.717) is 11.0 Å². The first-order valence-corrected chi connectivity index (χ1v) is 8.53. The predicted molar refractivity (Wildman–Crippen MR) is 66.0 cm³/mol. The lowest BCUT2D eigenvalue weighted by molar-refractivity contribution is -0.870. The standard InChI is InChI=1S/C9H23NO7P2/c1-9(2,3)16-19(13,14)17-18(11,12)15-8-7-10(4,5)6/h7-8H2,1-6H3,(H-,11,12,13,14)/p-1. The Morgan fingerprint density at radius 2 is 1.53 bits per heavy atom. The van der Waals surface area contributed by atoms with Gasteiger partial charge in [-0.25, -0.2) is 4.31 Å². The first-order valence-electron chi connectivity index (χ1n) is 5.61. The lowest BCUT2D eigenvalue weighted by Gasteiger charge is -2.35. The first-order chi connectivity index (χ1) is 8.12. The van der Waals surface area contributed by atoms with Crippen molar-refractivity contribution in [2.45, 2.75) is 26.4 Å². The van der Waals surface area contributed by atoms with E-state index in [4.69, 9.17) is 0 Å². The highest BCUT2D eigenvalue weighted by molar-refractivity contribution is 7.59. The largest absolute Gasteiger partial charge is 0.756 e. The summed E-state index contributed by atoms with van der Waals surface area (Å²) in [5, 5.41) is 0. The first kappa shape index (κ1) is 19.2. The molecule has 0 bridgehead atoms. The van der Waals surface area contributed by atoms with Gasteiger partial charge in [0, 0.05) is 0 Å². The van der Waals surface area contributed by atoms with Crippen molar-refractivity contribution < 1.29 is 36.8 Å². The summed E-state index contributed by atoms with van der Waals surface area (Å²) in [5.74, 6) is 0. The van der Waals surface area contributed by atoms with Crippen LogP contribution in [0, 0.1) is 0 Å². The van der Waals surface area contributed by atoms with Crippen LogP contribution in [0.3, 0.4) is 0 Å². The van der Waals surface area contributed by atoms with E-state index in [1.54, 1.807) is 0 Å². The SMILES string of the molecule is CC(C)(C)OP(=O)([O-])OP(=O)([O-])OCC[N+](C)(C)C. The van der Waals surface area contributed by atoms with E-state index in [9.17, 15) is 18.9 Å². The number of phosphoric acid groups is 2. The van der Waals surface area contributed by atoms with Crippen molar-refractivity contribution in [3.63, 3.8) is 0 Å². The highest BCUT2D eigenvalue weighted by atomic mass is 31.3. The van der Waals surface area contributed by atoms with Gasteiger partial charge in [0.25, 0.3) is 15.6 Å². The lowest BCUT2D eigenvalue weighted by atomic mass is 10.2. The quantitative estimate of drug-likeness (QED) is 0.496. The molecule has 0 aliphatic heterocycles. The van der Waals surface area contributed by atoms with Crippen LogP contribution in [0.2, 0.25) is 0 Å². The van der Waals surface area contributed by atoms with Gasteiger partial charge in [0.1, 0.15) is 13.2 Å². The Morgan fingerprint density at radius 3 is 1.89 bits per heavy atom. The fourth-order valence-electron chi connectivity index (χ4n) is 0.925. The topological polar surface area (TPSA) is 108 Å². The molecule has 0 spiro atoms. The molecule has 0 N–H and O–H groups in total. The average Bonchev–Trinajstić information content (AvgIpc) is 1.90. The van der Waals surface area contributed by atoms with E-state index in [1.807, 2.05) is 21.1 Å². The van der Waals surface area contributed by atoms with Crippen molar-refractivity contribution in [1.82, 2.24) is 0 Å². The van der Waals surface area contributed by atoms with Crippen molar-refractivity contribution in [2.24, 2.45) is 0 Å². The minimum absolute atomic E-state index is 0.181. The molecule has 116 valence electrons. The second kappa shape index (κ2) is 6.33. The predicted octanol–water partition coefficient (Wildman–Crippen LogP) is 0.478. The van der Waals surface area contributed by atoms with Gasteiger partial charge in [0.05, 0.1) is 26.7 Å². The van der Waals surface area contributed by atoms with Crippen LogP contribution in [-0.4, -0.2) is 44.4 Å². The summed E-state index contributed by atoms with van der Waals surface area (Å²) in [6.45, 7) is 4.55. The molecule has 10 heteroatoms. The number of phosphoric ester groups is 2. The van der Waals surface area contributed by atoms with E-state index in [1.165, 1.54) is 20.8 Å². The fourth-order valence-corrected chi connectivity index (χ4v) is 3.20. The second-order valence-electron chi connectivity index (χ2n) is 6.03. The molecule has 0 aromatic heterocycles. The molecule has 8 nitrogen and oxygen atoms in total. The maximum Gasteiger partial charge on any atom is 0.274 e. The number of hydrogen-bond acceptors (Lipinski definition) is 7. The molecule has 0 fully saturated rings. The van der Waals surface area contributed by atoms with Crippen molar-refractivity contribution in [3.05, 3.63) is 0 Å². The molecule has 0 aromatic rings. The van der Waals surface area contributed by atoms with E-state index >= 15 is 0 Å². The van der Waals surface area contributed by atoms with Gasteiger partial charge in [-0.1, -0.05) is 0 Å². The summed E-state index contributed by atoms with van der Waals surface area (Å²) < 4.78 is 36.1. The molecule has 0 aromatic carbocycles. The highest BCUT2D eigenvalue weighted by Crippen LogP contribution is 2.57. The molecular weight excluding hydrogens is 296 g/mol. The molecule has 0 rings (SSSR count). The normalized spacial score (nSPS) is 19.8. The number of quaternary nitrogens is 1. The summed E-state index contributed by atoms with van der Waals surface area (Å²) in [7, 11) is -4.42. The average molecular weight is 318 g/mol. The molecule has 0 saturated carbocycles. The Morgan fingerprint density at radius 1 is 1.05 bits per heavy atom. The highest BCUT2D eigenvalue weighted by Gasteiger charge is 2.26. The van der Waals surface area contributed by atoms with Gasteiger partial charge < -0.3 is 23.3 Å². The minimum atomic E-state index is -4.97. The van der Waals surface area contributed by atoms with E-state index < -0.39 is 21.2 Å². The molecule has 19 heavy (non-hydrogen) atoms. The van der Waals surface area contributed by atoms with Crippen LogP contribution in [0.1, 0.15) is 20.8 Å². The molecule has 0 heterocycles.